The molecule has 0 saturated carbocycles. The van der Waals surface area contributed by atoms with Gasteiger partial charge in [-0.3, -0.25) is 0 Å². The Morgan fingerprint density at radius 3 is 2.20 bits per heavy atom. The van der Waals surface area contributed by atoms with Gasteiger partial charge in [0, 0.05) is 10.6 Å². The van der Waals surface area contributed by atoms with Crippen LogP contribution in [0.15, 0.2) is 23.8 Å². The van der Waals surface area contributed by atoms with E-state index in [0.29, 0.717) is 17.9 Å². The first-order chi connectivity index (χ1) is 4.54. The highest BCUT2D eigenvalue weighted by Crippen LogP contribution is 2.11. The zero-order chi connectivity index (χ0) is 8.15. The van der Waals surface area contributed by atoms with Crippen LogP contribution in [0.5, 0.6) is 0 Å². The summed E-state index contributed by atoms with van der Waals surface area (Å²) in [5.74, 6) is -0.974. The number of carboxylic acids is 1. The van der Waals surface area contributed by atoms with Gasteiger partial charge >= 0.3 is 5.97 Å². The SMILES string of the molecule is C=C(Cl)CCC(=C)C(=O)O. The summed E-state index contributed by atoms with van der Waals surface area (Å²) in [5, 5.41) is 8.78. The predicted octanol–water partition coefficient (Wildman–Crippen LogP) is 2.16. The second-order valence-electron chi connectivity index (χ2n) is 1.93. The third-order valence-corrected chi connectivity index (χ3v) is 1.19. The molecule has 0 spiro atoms. The molecule has 1 N–H and O–H groups in total. The van der Waals surface area contributed by atoms with Gasteiger partial charge in [-0.15, -0.1) is 0 Å². The van der Waals surface area contributed by atoms with Gasteiger partial charge in [-0.25, -0.2) is 4.79 Å². The standard InChI is InChI=1S/C7H9ClO2/c1-5(7(9)10)3-4-6(2)8/h1-4H2,(H,9,10). The molecule has 0 aliphatic carbocycles. The molecule has 10 heavy (non-hydrogen) atoms. The van der Waals surface area contributed by atoms with Crippen molar-refractivity contribution in [1.82, 2.24) is 0 Å². The Balaban J connectivity index is 3.60. The van der Waals surface area contributed by atoms with Crippen LogP contribution in [0.1, 0.15) is 12.8 Å². The molecule has 0 aromatic carbocycles. The molecule has 0 rings (SSSR count). The van der Waals surface area contributed by atoms with Crippen LogP contribution in [0, 0.1) is 0 Å². The Morgan fingerprint density at radius 2 is 1.90 bits per heavy atom. The van der Waals surface area contributed by atoms with E-state index in [9.17, 15) is 4.79 Å². The van der Waals surface area contributed by atoms with Crippen LogP contribution in [0.2, 0.25) is 0 Å². The summed E-state index contributed by atoms with van der Waals surface area (Å²) in [6.45, 7) is 6.74. The van der Waals surface area contributed by atoms with Gasteiger partial charge in [0.1, 0.15) is 0 Å². The highest BCUT2D eigenvalue weighted by atomic mass is 35.5. The van der Waals surface area contributed by atoms with Gasteiger partial charge in [-0.1, -0.05) is 24.8 Å². The van der Waals surface area contributed by atoms with Crippen molar-refractivity contribution in [2.24, 2.45) is 0 Å². The maximum absolute atomic E-state index is 10.1. The number of aliphatic carboxylic acids is 1. The predicted molar refractivity (Wildman–Crippen MR) is 41.0 cm³/mol. The van der Waals surface area contributed by atoms with E-state index in [0.717, 1.165) is 0 Å². The zero-order valence-corrected chi connectivity index (χ0v) is 6.32. The number of rotatable bonds is 4. The first-order valence-corrected chi connectivity index (χ1v) is 3.16. The summed E-state index contributed by atoms with van der Waals surface area (Å²) in [6, 6.07) is 0. The van der Waals surface area contributed by atoms with E-state index in [4.69, 9.17) is 16.7 Å². The summed E-state index contributed by atoms with van der Waals surface area (Å²) in [5.41, 5.74) is 0.168. The largest absolute Gasteiger partial charge is 0.478 e. The molecule has 56 valence electrons. The smallest absolute Gasteiger partial charge is 0.330 e. The normalized spacial score (nSPS) is 8.90. The van der Waals surface area contributed by atoms with Gasteiger partial charge in [-0.05, 0) is 12.8 Å². The van der Waals surface area contributed by atoms with Crippen LogP contribution in [-0.2, 0) is 4.79 Å². The van der Waals surface area contributed by atoms with Gasteiger partial charge in [0.05, 0.1) is 0 Å². The molecule has 0 bridgehead atoms. The number of hydrogen-bond acceptors (Lipinski definition) is 1. The zero-order valence-electron chi connectivity index (χ0n) is 5.56. The van der Waals surface area contributed by atoms with Crippen molar-refractivity contribution in [2.45, 2.75) is 12.8 Å². The Kier molecular flexibility index (Phi) is 3.81. The van der Waals surface area contributed by atoms with Gasteiger partial charge in [-0.2, -0.15) is 0 Å². The first-order valence-electron chi connectivity index (χ1n) is 2.78. The van der Waals surface area contributed by atoms with E-state index in [1.165, 1.54) is 0 Å². The average Bonchev–Trinajstić information content (AvgIpc) is 1.82. The highest BCUT2D eigenvalue weighted by molar-refractivity contribution is 6.29. The van der Waals surface area contributed by atoms with Gasteiger partial charge < -0.3 is 5.11 Å². The maximum atomic E-state index is 10.1. The molecule has 0 aromatic heterocycles. The van der Waals surface area contributed by atoms with Crippen molar-refractivity contribution in [2.75, 3.05) is 0 Å². The first kappa shape index (κ1) is 9.24. The van der Waals surface area contributed by atoms with E-state index in [2.05, 4.69) is 13.2 Å². The minimum Gasteiger partial charge on any atom is -0.478 e. The summed E-state index contributed by atoms with van der Waals surface area (Å²) >= 11 is 5.40. The summed E-state index contributed by atoms with van der Waals surface area (Å²) in [4.78, 5) is 10.1. The minimum atomic E-state index is -0.974. The van der Waals surface area contributed by atoms with Crippen molar-refractivity contribution in [3.63, 3.8) is 0 Å². The molecule has 0 amide bonds. The highest BCUT2D eigenvalue weighted by Gasteiger charge is 2.02. The van der Waals surface area contributed by atoms with E-state index in [1.54, 1.807) is 0 Å². The number of carbonyl (C=O) groups is 1. The lowest BCUT2D eigenvalue weighted by atomic mass is 10.2. The van der Waals surface area contributed by atoms with E-state index in [-0.39, 0.29) is 5.57 Å². The summed E-state index contributed by atoms with van der Waals surface area (Å²) in [7, 11) is 0. The van der Waals surface area contributed by atoms with Crippen LogP contribution >= 0.6 is 11.6 Å². The van der Waals surface area contributed by atoms with Crippen LogP contribution in [0.3, 0.4) is 0 Å². The fourth-order valence-corrected chi connectivity index (χ4v) is 0.488. The topological polar surface area (TPSA) is 37.3 Å². The van der Waals surface area contributed by atoms with E-state index in [1.807, 2.05) is 0 Å². The van der Waals surface area contributed by atoms with Gasteiger partial charge in [0.2, 0.25) is 0 Å². The fourth-order valence-electron chi connectivity index (χ4n) is 0.393. The molecule has 0 fully saturated rings. The third-order valence-electron chi connectivity index (χ3n) is 1.00. The molecule has 0 heterocycles. The number of allylic oxidation sites excluding steroid dienone is 1. The number of halogens is 1. The molecule has 2 nitrogen and oxygen atoms in total. The van der Waals surface area contributed by atoms with Crippen molar-refractivity contribution in [3.05, 3.63) is 23.8 Å². The van der Waals surface area contributed by atoms with Crippen LogP contribution < -0.4 is 0 Å². The fraction of sp³-hybridized carbons (Fsp3) is 0.286. The molecule has 0 aliphatic heterocycles. The van der Waals surface area contributed by atoms with E-state index >= 15 is 0 Å². The van der Waals surface area contributed by atoms with Crippen LogP contribution in [0.4, 0.5) is 0 Å². The van der Waals surface area contributed by atoms with Crippen molar-refractivity contribution in [1.29, 1.82) is 0 Å². The molecular formula is C7H9ClO2. The summed E-state index contributed by atoms with van der Waals surface area (Å²) in [6.07, 6.45) is 0.852. The van der Waals surface area contributed by atoms with Gasteiger partial charge in [0.15, 0.2) is 0 Å². The minimum absolute atomic E-state index is 0.168. The monoisotopic (exact) mass is 160 g/mol. The van der Waals surface area contributed by atoms with Crippen LogP contribution in [-0.4, -0.2) is 11.1 Å². The number of hydrogen-bond donors (Lipinski definition) is 1. The lowest BCUT2D eigenvalue weighted by Crippen LogP contribution is -1.98. The Hall–Kier alpha value is -0.760. The van der Waals surface area contributed by atoms with Crippen molar-refractivity contribution in [3.8, 4) is 0 Å². The molecule has 0 atom stereocenters. The molecule has 0 saturated heterocycles. The molecular weight excluding hydrogens is 152 g/mol. The summed E-state index contributed by atoms with van der Waals surface area (Å²) < 4.78 is 0. The quantitative estimate of drug-likeness (QED) is 0.640. The molecule has 0 unspecified atom stereocenters. The second kappa shape index (κ2) is 4.12. The Labute approximate surface area is 64.8 Å². The second-order valence-corrected chi connectivity index (χ2v) is 2.46. The molecule has 0 aliphatic rings. The molecule has 0 aromatic rings. The Morgan fingerprint density at radius 1 is 1.40 bits per heavy atom. The lowest BCUT2D eigenvalue weighted by molar-refractivity contribution is -0.132. The van der Waals surface area contributed by atoms with Crippen molar-refractivity contribution >= 4 is 17.6 Å². The van der Waals surface area contributed by atoms with E-state index < -0.39 is 5.97 Å². The number of carboxylic acid groups (broad SMARTS) is 1. The third kappa shape index (κ3) is 4.15. The Bertz CT molecular complexity index is 172. The van der Waals surface area contributed by atoms with Gasteiger partial charge in [0.25, 0.3) is 0 Å². The maximum Gasteiger partial charge on any atom is 0.330 e. The van der Waals surface area contributed by atoms with Crippen molar-refractivity contribution < 1.29 is 9.90 Å². The lowest BCUT2D eigenvalue weighted by Gasteiger charge is -1.96. The molecule has 3 heteroatoms. The van der Waals surface area contributed by atoms with Crippen LogP contribution in [0.25, 0.3) is 0 Å². The molecule has 0 radical (unpaired) electrons. The average molecular weight is 161 g/mol.